The number of hydrogen-bond donors (Lipinski definition) is 3. The monoisotopic (exact) mass is 214 g/mol. The molecule has 0 fully saturated rings. The van der Waals surface area contributed by atoms with Crippen molar-refractivity contribution < 1.29 is 0 Å². The topological polar surface area (TPSA) is 0 Å². The van der Waals surface area contributed by atoms with Crippen LogP contribution in [-0.2, 0) is 0 Å². The van der Waals surface area contributed by atoms with Crippen molar-refractivity contribution in [1.29, 1.82) is 0 Å². The van der Waals surface area contributed by atoms with Gasteiger partial charge in [-0.2, -0.15) is 37.9 Å². The molecule has 3 heteroatoms. The van der Waals surface area contributed by atoms with E-state index in [1.807, 2.05) is 23.0 Å². The predicted molar refractivity (Wildman–Crippen MR) is 65.0 cm³/mol. The fourth-order valence-corrected chi connectivity index (χ4v) is 1.69. The van der Waals surface area contributed by atoms with Crippen LogP contribution < -0.4 is 0 Å². The Bertz CT molecular complexity index is 282. The summed E-state index contributed by atoms with van der Waals surface area (Å²) in [7, 11) is 0. The molecule has 12 heavy (non-hydrogen) atoms. The quantitative estimate of drug-likeness (QED) is 0.506. The molecule has 0 aliphatic heterocycles. The molecule has 0 amide bonds. The number of thiol groups is 3. The summed E-state index contributed by atoms with van der Waals surface area (Å²) < 4.78 is 0. The second kappa shape index (κ2) is 4.90. The molecule has 0 nitrogen and oxygen atoms in total. The maximum atomic E-state index is 4.13. The minimum atomic E-state index is 0.885. The second-order valence-corrected chi connectivity index (χ2v) is 3.23. The molecule has 64 valence electrons. The highest BCUT2D eigenvalue weighted by Gasteiger charge is 2.07. The lowest BCUT2D eigenvalue weighted by molar-refractivity contribution is 1.16. The van der Waals surface area contributed by atoms with Crippen LogP contribution in [0.25, 0.3) is 0 Å². The van der Waals surface area contributed by atoms with Gasteiger partial charge in [-0.1, -0.05) is 12.2 Å². The molecule has 0 N–H and O–H groups in total. The van der Waals surface area contributed by atoms with Crippen LogP contribution >= 0.6 is 37.9 Å². The lowest BCUT2D eigenvalue weighted by Crippen LogP contribution is -1.93. The van der Waals surface area contributed by atoms with Gasteiger partial charge < -0.3 is 0 Å². The SMILES string of the molecule is S/C=C1C=CC(=C/S)/C(=C/S)C\1. The molecule has 0 aromatic rings. The highest BCUT2D eigenvalue weighted by atomic mass is 32.1. The van der Waals surface area contributed by atoms with Gasteiger partial charge in [0.1, 0.15) is 0 Å². The third-order valence-electron chi connectivity index (χ3n) is 1.70. The van der Waals surface area contributed by atoms with Gasteiger partial charge in [0.05, 0.1) is 0 Å². The Morgan fingerprint density at radius 1 is 1.00 bits per heavy atom. The highest BCUT2D eigenvalue weighted by Crippen LogP contribution is 2.27. The number of allylic oxidation sites excluding steroid dienone is 5. The first-order valence-corrected chi connectivity index (χ1v) is 5.06. The van der Waals surface area contributed by atoms with E-state index in [9.17, 15) is 0 Å². The van der Waals surface area contributed by atoms with E-state index < -0.39 is 0 Å². The fourth-order valence-electron chi connectivity index (χ4n) is 1.02. The Hall–Kier alpha value is 0.01000. The molecule has 0 saturated carbocycles. The van der Waals surface area contributed by atoms with Crippen molar-refractivity contribution in [3.8, 4) is 0 Å². The summed E-state index contributed by atoms with van der Waals surface area (Å²) in [6.45, 7) is 0. The molecule has 0 aromatic carbocycles. The Kier molecular flexibility index (Phi) is 4.12. The van der Waals surface area contributed by atoms with Crippen LogP contribution in [0, 0.1) is 0 Å². The lowest BCUT2D eigenvalue weighted by Gasteiger charge is -2.13. The molecule has 1 rings (SSSR count). The van der Waals surface area contributed by atoms with Crippen LogP contribution in [0.4, 0.5) is 0 Å². The van der Waals surface area contributed by atoms with E-state index in [0.717, 1.165) is 12.0 Å². The van der Waals surface area contributed by atoms with Crippen molar-refractivity contribution >= 4 is 37.9 Å². The van der Waals surface area contributed by atoms with Crippen molar-refractivity contribution in [2.45, 2.75) is 6.42 Å². The van der Waals surface area contributed by atoms with Gasteiger partial charge in [0.2, 0.25) is 0 Å². The summed E-state index contributed by atoms with van der Waals surface area (Å²) >= 11 is 12.3. The van der Waals surface area contributed by atoms with Crippen molar-refractivity contribution in [2.24, 2.45) is 0 Å². The summed E-state index contributed by atoms with van der Waals surface area (Å²) in [4.78, 5) is 0. The third kappa shape index (κ3) is 2.25. The zero-order chi connectivity index (χ0) is 8.97. The number of rotatable bonds is 0. The standard InChI is InChI=1S/C9H10S3/c10-4-7-1-2-8(5-11)9(3-7)6-12/h1-2,4-6,10-12H,3H2/b7-4+,8-5-,9-6+. The number of hydrogen-bond acceptors (Lipinski definition) is 3. The van der Waals surface area contributed by atoms with Crippen LogP contribution in [0.5, 0.6) is 0 Å². The summed E-state index contributed by atoms with van der Waals surface area (Å²) in [5.41, 5.74) is 3.49. The highest BCUT2D eigenvalue weighted by molar-refractivity contribution is 7.83. The summed E-state index contributed by atoms with van der Waals surface area (Å²) in [6, 6.07) is 0. The molecule has 0 heterocycles. The molecule has 0 atom stereocenters. The zero-order valence-electron chi connectivity index (χ0n) is 6.44. The molecule has 0 unspecified atom stereocenters. The second-order valence-electron chi connectivity index (χ2n) is 2.45. The molecule has 1 aliphatic rings. The molecule has 0 saturated heterocycles. The maximum Gasteiger partial charge on any atom is -0.000963 e. The molecular formula is C9H10S3. The predicted octanol–water partition coefficient (Wildman–Crippen LogP) is 3.39. The Morgan fingerprint density at radius 2 is 1.75 bits per heavy atom. The van der Waals surface area contributed by atoms with Crippen molar-refractivity contribution in [3.63, 3.8) is 0 Å². The molecule has 1 aliphatic carbocycles. The smallest absolute Gasteiger partial charge is 0.000963 e. The Balaban J connectivity index is 3.00. The first-order chi connectivity index (χ1) is 5.81. The largest absolute Gasteiger partial charge is 0.151 e. The van der Waals surface area contributed by atoms with Gasteiger partial charge in [0.25, 0.3) is 0 Å². The van der Waals surface area contributed by atoms with Crippen LogP contribution in [0.3, 0.4) is 0 Å². The van der Waals surface area contributed by atoms with Gasteiger partial charge in [0.15, 0.2) is 0 Å². The van der Waals surface area contributed by atoms with E-state index >= 15 is 0 Å². The molecule has 0 bridgehead atoms. The van der Waals surface area contributed by atoms with E-state index in [4.69, 9.17) is 0 Å². The van der Waals surface area contributed by atoms with Gasteiger partial charge in [-0.15, -0.1) is 0 Å². The zero-order valence-corrected chi connectivity index (χ0v) is 9.12. The van der Waals surface area contributed by atoms with Crippen LogP contribution in [0.1, 0.15) is 6.42 Å². The molecule has 0 aromatic heterocycles. The minimum absolute atomic E-state index is 0.885. The molecule has 0 spiro atoms. The van der Waals surface area contributed by atoms with E-state index in [1.165, 1.54) is 11.1 Å². The Morgan fingerprint density at radius 3 is 2.25 bits per heavy atom. The third-order valence-corrected chi connectivity index (χ3v) is 2.62. The fraction of sp³-hybridized carbons (Fsp3) is 0.111. The van der Waals surface area contributed by atoms with E-state index in [0.29, 0.717) is 0 Å². The minimum Gasteiger partial charge on any atom is -0.151 e. The van der Waals surface area contributed by atoms with Gasteiger partial charge in [-0.3, -0.25) is 0 Å². The van der Waals surface area contributed by atoms with E-state index in [1.54, 1.807) is 5.41 Å². The summed E-state index contributed by atoms with van der Waals surface area (Å²) in [6.07, 6.45) is 4.94. The van der Waals surface area contributed by atoms with E-state index in [2.05, 4.69) is 37.9 Å². The van der Waals surface area contributed by atoms with Crippen molar-refractivity contribution in [3.05, 3.63) is 45.1 Å². The molecule has 0 radical (unpaired) electrons. The van der Waals surface area contributed by atoms with Crippen LogP contribution in [0.15, 0.2) is 45.1 Å². The first kappa shape index (κ1) is 10.1. The Labute approximate surface area is 89.4 Å². The first-order valence-electron chi connectivity index (χ1n) is 3.51. The average molecular weight is 214 g/mol. The summed E-state index contributed by atoms with van der Waals surface area (Å²) in [5, 5.41) is 5.40. The maximum absolute atomic E-state index is 4.13. The van der Waals surface area contributed by atoms with Gasteiger partial charge in [-0.05, 0) is 39.4 Å². The summed E-state index contributed by atoms with van der Waals surface area (Å²) in [5.74, 6) is 0. The van der Waals surface area contributed by atoms with Crippen LogP contribution in [-0.4, -0.2) is 0 Å². The van der Waals surface area contributed by atoms with Crippen molar-refractivity contribution in [2.75, 3.05) is 0 Å². The molecular weight excluding hydrogens is 204 g/mol. The van der Waals surface area contributed by atoms with Gasteiger partial charge in [0, 0.05) is 0 Å². The lowest BCUT2D eigenvalue weighted by atomic mass is 9.95. The van der Waals surface area contributed by atoms with Gasteiger partial charge >= 0.3 is 0 Å². The van der Waals surface area contributed by atoms with E-state index in [-0.39, 0.29) is 0 Å². The van der Waals surface area contributed by atoms with Crippen molar-refractivity contribution in [1.82, 2.24) is 0 Å². The normalized spacial score (nSPS) is 27.4. The van der Waals surface area contributed by atoms with Gasteiger partial charge in [-0.25, -0.2) is 0 Å². The van der Waals surface area contributed by atoms with Crippen LogP contribution in [0.2, 0.25) is 0 Å². The average Bonchev–Trinajstić information content (AvgIpc) is 2.16.